The number of aromatic amines is 1. The van der Waals surface area contributed by atoms with Crippen LogP contribution in [-0.2, 0) is 0 Å². The summed E-state index contributed by atoms with van der Waals surface area (Å²) in [6, 6.07) is 5.29. The van der Waals surface area contributed by atoms with Gasteiger partial charge in [0.15, 0.2) is 0 Å². The Morgan fingerprint density at radius 3 is 2.87 bits per heavy atom. The summed E-state index contributed by atoms with van der Waals surface area (Å²) in [5.74, 6) is 0.00222. The van der Waals surface area contributed by atoms with Gasteiger partial charge >= 0.3 is 0 Å². The van der Waals surface area contributed by atoms with E-state index in [1.54, 1.807) is 30.1 Å². The van der Waals surface area contributed by atoms with E-state index in [1.807, 2.05) is 6.92 Å². The molecule has 2 rings (SSSR count). The molecule has 0 saturated heterocycles. The molecule has 0 fully saturated rings. The van der Waals surface area contributed by atoms with Gasteiger partial charge in [-0.3, -0.25) is 4.79 Å². The average Bonchev–Trinajstić information content (AvgIpc) is 2.73. The number of nitrogens with zero attached hydrogens (tertiary/aromatic N) is 3. The van der Waals surface area contributed by atoms with Crippen LogP contribution >= 0.6 is 0 Å². The van der Waals surface area contributed by atoms with Gasteiger partial charge in [-0.1, -0.05) is 0 Å². The molecule has 5 heteroatoms. The molecule has 5 nitrogen and oxygen atoms in total. The third-order valence-corrected chi connectivity index (χ3v) is 2.38. The minimum Gasteiger partial charge on any atom is -0.342 e. The highest BCUT2D eigenvalue weighted by Crippen LogP contribution is 2.11. The summed E-state index contributed by atoms with van der Waals surface area (Å²) in [7, 11) is 1.77. The molecular weight excluding hydrogens is 192 g/mol. The predicted molar refractivity (Wildman–Crippen MR) is 56.5 cm³/mol. The third kappa shape index (κ3) is 1.68. The maximum Gasteiger partial charge on any atom is 0.253 e. The van der Waals surface area contributed by atoms with Gasteiger partial charge in [-0.05, 0) is 25.1 Å². The Bertz CT molecular complexity index is 491. The topological polar surface area (TPSA) is 61.9 Å². The van der Waals surface area contributed by atoms with E-state index in [-0.39, 0.29) is 5.91 Å². The summed E-state index contributed by atoms with van der Waals surface area (Å²) in [5, 5.41) is 10.4. The highest BCUT2D eigenvalue weighted by atomic mass is 16.2. The van der Waals surface area contributed by atoms with Crippen LogP contribution < -0.4 is 0 Å². The average molecular weight is 204 g/mol. The maximum absolute atomic E-state index is 11.8. The molecule has 0 radical (unpaired) electrons. The molecule has 0 aliphatic carbocycles. The van der Waals surface area contributed by atoms with Crippen molar-refractivity contribution >= 4 is 16.9 Å². The maximum atomic E-state index is 11.8. The second-order valence-corrected chi connectivity index (χ2v) is 3.35. The Morgan fingerprint density at radius 1 is 1.40 bits per heavy atom. The number of amides is 1. The summed E-state index contributed by atoms with van der Waals surface area (Å²) < 4.78 is 0. The molecule has 0 aliphatic rings. The van der Waals surface area contributed by atoms with Crippen LogP contribution in [0.25, 0.3) is 11.0 Å². The van der Waals surface area contributed by atoms with Crippen LogP contribution in [0, 0.1) is 0 Å². The fourth-order valence-corrected chi connectivity index (χ4v) is 1.34. The van der Waals surface area contributed by atoms with E-state index in [1.165, 1.54) is 0 Å². The zero-order valence-corrected chi connectivity index (χ0v) is 8.69. The van der Waals surface area contributed by atoms with Crippen LogP contribution in [0.2, 0.25) is 0 Å². The number of rotatable bonds is 2. The predicted octanol–water partition coefficient (Wildman–Crippen LogP) is 1.05. The minimum atomic E-state index is 0.00222. The van der Waals surface area contributed by atoms with Gasteiger partial charge in [0.05, 0.1) is 0 Å². The minimum absolute atomic E-state index is 0.00222. The number of carbonyl (C=O) groups excluding carboxylic acids is 1. The Labute approximate surface area is 87.1 Å². The second kappa shape index (κ2) is 3.68. The van der Waals surface area contributed by atoms with Gasteiger partial charge in [-0.2, -0.15) is 15.4 Å². The van der Waals surface area contributed by atoms with Crippen molar-refractivity contribution in [2.24, 2.45) is 0 Å². The number of hydrogen-bond acceptors (Lipinski definition) is 3. The van der Waals surface area contributed by atoms with Crippen molar-refractivity contribution in [2.75, 3.05) is 13.6 Å². The zero-order chi connectivity index (χ0) is 10.8. The molecule has 1 aromatic carbocycles. The number of aromatic nitrogens is 3. The van der Waals surface area contributed by atoms with Crippen LogP contribution in [-0.4, -0.2) is 39.8 Å². The van der Waals surface area contributed by atoms with Crippen molar-refractivity contribution in [1.82, 2.24) is 20.3 Å². The van der Waals surface area contributed by atoms with Gasteiger partial charge in [0, 0.05) is 19.2 Å². The van der Waals surface area contributed by atoms with Crippen molar-refractivity contribution < 1.29 is 4.79 Å². The van der Waals surface area contributed by atoms with Crippen molar-refractivity contribution in [3.05, 3.63) is 23.8 Å². The van der Waals surface area contributed by atoms with Gasteiger partial charge in [0.2, 0.25) is 0 Å². The molecule has 15 heavy (non-hydrogen) atoms. The molecule has 1 aromatic heterocycles. The van der Waals surface area contributed by atoms with Gasteiger partial charge in [0.1, 0.15) is 11.0 Å². The Morgan fingerprint density at radius 2 is 2.13 bits per heavy atom. The number of nitrogens with one attached hydrogen (secondary N) is 1. The number of H-pyrrole nitrogens is 1. The lowest BCUT2D eigenvalue weighted by molar-refractivity contribution is 0.0802. The summed E-state index contributed by atoms with van der Waals surface area (Å²) in [6.07, 6.45) is 0. The summed E-state index contributed by atoms with van der Waals surface area (Å²) in [5.41, 5.74) is 2.12. The smallest absolute Gasteiger partial charge is 0.253 e. The van der Waals surface area contributed by atoms with Crippen LogP contribution in [0.5, 0.6) is 0 Å². The van der Waals surface area contributed by atoms with Crippen LogP contribution in [0.15, 0.2) is 18.2 Å². The highest BCUT2D eigenvalue weighted by Gasteiger charge is 2.11. The summed E-state index contributed by atoms with van der Waals surface area (Å²) >= 11 is 0. The molecule has 0 saturated carbocycles. The number of hydrogen-bond donors (Lipinski definition) is 1. The van der Waals surface area contributed by atoms with Crippen molar-refractivity contribution in [3.8, 4) is 0 Å². The Balaban J connectivity index is 2.39. The lowest BCUT2D eigenvalue weighted by Gasteiger charge is -2.13. The first kappa shape index (κ1) is 9.64. The first-order valence-corrected chi connectivity index (χ1v) is 4.78. The van der Waals surface area contributed by atoms with Gasteiger partial charge in [0.25, 0.3) is 5.91 Å². The number of benzene rings is 1. The van der Waals surface area contributed by atoms with Crippen molar-refractivity contribution in [1.29, 1.82) is 0 Å². The van der Waals surface area contributed by atoms with Crippen molar-refractivity contribution in [3.63, 3.8) is 0 Å². The summed E-state index contributed by atoms with van der Waals surface area (Å²) in [4.78, 5) is 13.5. The van der Waals surface area contributed by atoms with Gasteiger partial charge in [-0.25, -0.2) is 0 Å². The molecule has 0 aliphatic heterocycles. The number of carbonyl (C=O) groups is 1. The van der Waals surface area contributed by atoms with Gasteiger partial charge in [-0.15, -0.1) is 0 Å². The first-order chi connectivity index (χ1) is 7.22. The molecule has 0 bridgehead atoms. The first-order valence-electron chi connectivity index (χ1n) is 4.78. The monoisotopic (exact) mass is 204 g/mol. The molecule has 1 amide bonds. The molecule has 0 unspecified atom stereocenters. The van der Waals surface area contributed by atoms with E-state index in [4.69, 9.17) is 0 Å². The molecular formula is C10H12N4O. The van der Waals surface area contributed by atoms with E-state index in [2.05, 4.69) is 15.4 Å². The highest BCUT2D eigenvalue weighted by molar-refractivity contribution is 5.97. The fourth-order valence-electron chi connectivity index (χ4n) is 1.34. The lowest BCUT2D eigenvalue weighted by atomic mass is 10.2. The van der Waals surface area contributed by atoms with E-state index in [0.29, 0.717) is 17.6 Å². The largest absolute Gasteiger partial charge is 0.342 e. The summed E-state index contributed by atoms with van der Waals surface area (Å²) in [6.45, 7) is 2.63. The quantitative estimate of drug-likeness (QED) is 0.795. The third-order valence-electron chi connectivity index (χ3n) is 2.38. The molecule has 78 valence electrons. The van der Waals surface area contributed by atoms with E-state index in [0.717, 1.165) is 5.52 Å². The van der Waals surface area contributed by atoms with Gasteiger partial charge < -0.3 is 4.90 Å². The fraction of sp³-hybridized carbons (Fsp3) is 0.300. The zero-order valence-electron chi connectivity index (χ0n) is 8.69. The standard InChI is InChI=1S/C10H12N4O/c1-3-14(2)10(15)7-4-5-8-9(6-7)12-13-11-8/h4-6H,3H2,1-2H3,(H,11,12,13). The number of fused-ring (bicyclic) bond motifs is 1. The normalized spacial score (nSPS) is 10.5. The van der Waals surface area contributed by atoms with E-state index >= 15 is 0 Å². The van der Waals surface area contributed by atoms with Crippen molar-refractivity contribution in [2.45, 2.75) is 6.92 Å². The van der Waals surface area contributed by atoms with Crippen LogP contribution in [0.4, 0.5) is 0 Å². The van der Waals surface area contributed by atoms with E-state index in [9.17, 15) is 4.79 Å². The lowest BCUT2D eigenvalue weighted by Crippen LogP contribution is -2.26. The molecule has 1 N–H and O–H groups in total. The molecule has 2 aromatic rings. The second-order valence-electron chi connectivity index (χ2n) is 3.35. The molecule has 0 atom stereocenters. The Kier molecular flexibility index (Phi) is 2.37. The SMILES string of the molecule is CCN(C)C(=O)c1ccc2n[nH]nc2c1. The Hall–Kier alpha value is -1.91. The molecule has 1 heterocycles. The van der Waals surface area contributed by atoms with Crippen LogP contribution in [0.3, 0.4) is 0 Å². The molecule has 0 spiro atoms. The van der Waals surface area contributed by atoms with Crippen LogP contribution in [0.1, 0.15) is 17.3 Å². The van der Waals surface area contributed by atoms with E-state index < -0.39 is 0 Å².